The van der Waals surface area contributed by atoms with Gasteiger partial charge in [-0.2, -0.15) is 58.9 Å². The van der Waals surface area contributed by atoms with Crippen molar-refractivity contribution < 1.29 is 144 Å². The second-order valence-corrected chi connectivity index (χ2v) is 44.1. The van der Waals surface area contributed by atoms with E-state index in [1.807, 2.05) is 151 Å². The standard InChI is InChI=1S/2C16H25NO5S.C11H25NO4S.2C10H21NO5S.C9H20N2O4S.C8H18N2O4S/c1-13(2)11-15(17-9-6-10-23(19,20)21)16(18)22-12-14-7-4-3-5-8-14;1-3-13(2)15(17-10-7-11-23(19,20)21)16(18)22-12-14-8-5-4-6-9-14;1-10(6-4-7-11(2,3)13)12-8-5-9-17(14,15)16;2*1-8(2)7-9(10(12)16-3)11-5-4-6-17(13,14)15;1-7(2)6-8(9(10)12)11-4-3-5-16(13,14)15;1-6(2)7(8(9)11)10-4-3-5-15(12,13)14/h3-5,7-8,13,15,17H,6,9-12H2,1-2H3,(H,19,20,21);4-6,8-9,13,15,17H,3,7,10-12H2,1-2H3,(H,19,20,21);10,12-13H,4-9H2,1-3H3,(H,14,15,16);2*8-9,11H,4-7H2,1-3H3,(H,13,14,15);7-8,11H,3-6H2,1-2H3,(H2,10,12)(H,13,14,15);6-7,10H,3-5H2,1-2H3,(H2,9,11)(H,12,13,14)/t15-;13?,15-;;2*9-;8-;7-/m10.1111/s1. The number of esters is 4. The molecule has 2 unspecified atom stereocenters. The molecule has 0 aliphatic carbocycles. The predicted octanol–water partition coefficient (Wildman–Crippen LogP) is 5.21. The Kier molecular flexibility index (Phi) is 72.5. The molecule has 0 fully saturated rings. The van der Waals surface area contributed by atoms with Crippen molar-refractivity contribution >= 4 is 107 Å². The molecule has 2 aromatic carbocycles. The van der Waals surface area contributed by atoms with Gasteiger partial charge in [0.2, 0.25) is 11.8 Å². The smallest absolute Gasteiger partial charge is 0.323 e. The van der Waals surface area contributed by atoms with E-state index in [2.05, 4.69) is 46.7 Å². The largest absolute Gasteiger partial charge is 0.468 e. The number of nitrogens with one attached hydrogen (secondary N) is 7. The molecular formula is C80H155N9O32S7. The highest BCUT2D eigenvalue weighted by Crippen LogP contribution is 2.16. The molecule has 19 N–H and O–H groups in total. The summed E-state index contributed by atoms with van der Waals surface area (Å²) in [6.45, 7) is 32.0. The number of methoxy groups -OCH3 is 2. The molecule has 0 spiro atoms. The van der Waals surface area contributed by atoms with Gasteiger partial charge in [0.15, 0.2) is 0 Å². The highest BCUT2D eigenvalue weighted by atomic mass is 32.2. The minimum Gasteiger partial charge on any atom is -0.468 e. The molecule has 0 aromatic heterocycles. The average Bonchev–Trinajstić information content (AvgIpc) is 0.880. The van der Waals surface area contributed by atoms with Crippen molar-refractivity contribution in [3.8, 4) is 0 Å². The van der Waals surface area contributed by atoms with E-state index in [-0.39, 0.29) is 128 Å². The number of rotatable bonds is 60. The van der Waals surface area contributed by atoms with Gasteiger partial charge in [-0.15, -0.1) is 0 Å². The number of hydrogen-bond donors (Lipinski definition) is 17. The zero-order valence-corrected chi connectivity index (χ0v) is 83.3. The number of ether oxygens (including phenoxy) is 4. The molecule has 0 saturated heterocycles. The average molecular weight is 1980 g/mol. The second-order valence-electron chi connectivity index (χ2n) is 33.1. The summed E-state index contributed by atoms with van der Waals surface area (Å²) in [5.74, 6) is -3.04. The number of hydrogen-bond acceptors (Lipinski definition) is 32. The van der Waals surface area contributed by atoms with E-state index in [0.717, 1.165) is 36.8 Å². The first kappa shape index (κ1) is 131. The molecule has 0 heterocycles. The summed E-state index contributed by atoms with van der Waals surface area (Å²) in [4.78, 5) is 69.2. The Hall–Kier alpha value is -5.69. The fourth-order valence-corrected chi connectivity index (χ4v) is 14.6. The third-order valence-electron chi connectivity index (χ3n) is 17.6. The van der Waals surface area contributed by atoms with Gasteiger partial charge < -0.3 is 72.7 Å². The van der Waals surface area contributed by atoms with Crippen LogP contribution in [0.1, 0.15) is 211 Å². The van der Waals surface area contributed by atoms with E-state index < -0.39 is 124 Å². The van der Waals surface area contributed by atoms with Crippen molar-refractivity contribution in [3.63, 3.8) is 0 Å². The van der Waals surface area contributed by atoms with Crippen molar-refractivity contribution in [1.82, 2.24) is 37.2 Å². The first-order valence-electron chi connectivity index (χ1n) is 42.4. The second kappa shape index (κ2) is 71.0. The summed E-state index contributed by atoms with van der Waals surface area (Å²) < 4.78 is 227. The SMILES string of the molecule is CC(C)C[C@@H](NCCCS(=O)(=O)O)C(=O)OCc1ccccc1.CC(C)C[C@@H](NCCCS(=O)(=O)O)C(N)=O.CC(C)[C@@H](NCCCS(=O)(=O)O)C(N)=O.CC(CCCC(C)(C)O)NCCCS(=O)(=O)O.CCC(C)[C@H](NCCCS(=O)(=O)O)C(=O)OCc1ccccc1.COC(=O)[C@@H](CC(C)C)NCCCS(=O)(=O)O.COC(=O)[C@@H](CC(C)C)NCCCS(=O)(=O)O. The molecule has 2 rings (SSSR count). The van der Waals surface area contributed by atoms with E-state index in [4.69, 9.17) is 52.8 Å². The maximum absolute atomic E-state index is 12.3. The van der Waals surface area contributed by atoms with Gasteiger partial charge >= 0.3 is 23.9 Å². The third-order valence-corrected chi connectivity index (χ3v) is 23.2. The lowest BCUT2D eigenvalue weighted by molar-refractivity contribution is -0.149. The van der Waals surface area contributed by atoms with Gasteiger partial charge in [-0.1, -0.05) is 150 Å². The zero-order chi connectivity index (χ0) is 99.9. The third kappa shape index (κ3) is 90.8. The van der Waals surface area contributed by atoms with Crippen LogP contribution in [0.2, 0.25) is 0 Å². The van der Waals surface area contributed by atoms with Gasteiger partial charge in [0.05, 0.1) is 72.2 Å². The summed E-state index contributed by atoms with van der Waals surface area (Å²) >= 11 is 0. The van der Waals surface area contributed by atoms with Crippen LogP contribution in [-0.2, 0) is 132 Å². The van der Waals surface area contributed by atoms with Crippen LogP contribution in [0.3, 0.4) is 0 Å². The number of aliphatic hydroxyl groups is 1. The van der Waals surface area contributed by atoms with Crippen molar-refractivity contribution in [2.75, 3.05) is 100 Å². The quantitative estimate of drug-likeness (QED) is 0.0175. The van der Waals surface area contributed by atoms with E-state index in [1.165, 1.54) is 14.2 Å². The van der Waals surface area contributed by atoms with Crippen molar-refractivity contribution in [3.05, 3.63) is 71.8 Å². The summed E-state index contributed by atoms with van der Waals surface area (Å²) in [7, 11) is -24.8. The summed E-state index contributed by atoms with van der Waals surface area (Å²) in [6.07, 6.45) is 7.75. The van der Waals surface area contributed by atoms with E-state index in [1.54, 1.807) is 13.8 Å². The van der Waals surface area contributed by atoms with Crippen LogP contribution < -0.4 is 48.7 Å². The molecule has 48 heteroatoms. The van der Waals surface area contributed by atoms with Crippen LogP contribution in [0.15, 0.2) is 60.7 Å². The van der Waals surface area contributed by atoms with Crippen LogP contribution in [0.4, 0.5) is 0 Å². The molecule has 0 saturated carbocycles. The summed E-state index contributed by atoms with van der Waals surface area (Å²) in [5, 5.41) is 30.3. The fourth-order valence-electron chi connectivity index (χ4n) is 11.0. The maximum Gasteiger partial charge on any atom is 0.323 e. The van der Waals surface area contributed by atoms with Crippen LogP contribution in [-0.4, -0.2) is 280 Å². The summed E-state index contributed by atoms with van der Waals surface area (Å²) in [5.41, 5.74) is 11.5. The Balaban J connectivity index is -0.000000463. The maximum atomic E-state index is 12.3. The van der Waals surface area contributed by atoms with Crippen LogP contribution in [0, 0.1) is 35.5 Å². The lowest BCUT2D eigenvalue weighted by Gasteiger charge is -2.22. The molecule has 2 amide bonds. The normalized spacial score (nSPS) is 13.9. The van der Waals surface area contributed by atoms with Crippen molar-refractivity contribution in [2.24, 2.45) is 47.0 Å². The lowest BCUT2D eigenvalue weighted by Crippen LogP contribution is -2.45. The van der Waals surface area contributed by atoms with E-state index in [9.17, 15) is 92.8 Å². The molecule has 754 valence electrons. The van der Waals surface area contributed by atoms with Crippen LogP contribution >= 0.6 is 0 Å². The van der Waals surface area contributed by atoms with E-state index in [0.29, 0.717) is 108 Å². The zero-order valence-electron chi connectivity index (χ0n) is 77.6. The number of carbonyl (C=O) groups is 6. The molecule has 0 aliphatic heterocycles. The number of benzene rings is 2. The molecule has 0 aliphatic rings. The Morgan fingerprint density at radius 1 is 0.359 bits per heavy atom. The summed E-state index contributed by atoms with van der Waals surface area (Å²) in [6, 6.07) is 16.4. The molecule has 0 radical (unpaired) electrons. The molecule has 41 nitrogen and oxygen atoms in total. The minimum absolute atomic E-state index is 0.0493. The Morgan fingerprint density at radius 3 is 0.867 bits per heavy atom. The van der Waals surface area contributed by atoms with Crippen LogP contribution in [0.5, 0.6) is 0 Å². The number of amides is 2. The molecule has 128 heavy (non-hydrogen) atoms. The Labute approximate surface area is 762 Å². The van der Waals surface area contributed by atoms with Gasteiger partial charge in [-0.25, -0.2) is 0 Å². The van der Waals surface area contributed by atoms with Gasteiger partial charge in [0, 0.05) is 6.04 Å². The lowest BCUT2D eigenvalue weighted by atomic mass is 9.99. The Morgan fingerprint density at radius 2 is 0.617 bits per heavy atom. The van der Waals surface area contributed by atoms with Crippen molar-refractivity contribution in [2.45, 2.75) is 261 Å². The number of primary amides is 2. The Bertz CT molecular complexity index is 4110. The van der Waals surface area contributed by atoms with Gasteiger partial charge in [0.25, 0.3) is 70.8 Å². The van der Waals surface area contributed by atoms with Gasteiger partial charge in [0.1, 0.15) is 37.4 Å². The molecule has 8 atom stereocenters. The first-order chi connectivity index (χ1) is 58.7. The van der Waals surface area contributed by atoms with Gasteiger partial charge in [-0.3, -0.25) is 60.6 Å². The predicted molar refractivity (Wildman–Crippen MR) is 493 cm³/mol. The molecule has 2 aromatic rings. The van der Waals surface area contributed by atoms with Crippen LogP contribution in [0.25, 0.3) is 0 Å². The molecular weight excluding hydrogens is 1820 g/mol. The van der Waals surface area contributed by atoms with Gasteiger partial charge in [-0.05, 0) is 203 Å². The fraction of sp³-hybridized carbons (Fsp3) is 0.775. The first-order valence-corrected chi connectivity index (χ1v) is 53.6. The minimum atomic E-state index is -3.97. The monoisotopic (exact) mass is 1980 g/mol. The van der Waals surface area contributed by atoms with Crippen molar-refractivity contribution in [1.29, 1.82) is 0 Å². The highest BCUT2D eigenvalue weighted by Gasteiger charge is 2.28. The van der Waals surface area contributed by atoms with E-state index >= 15 is 0 Å². The molecule has 0 bridgehead atoms. The number of carbonyl (C=O) groups excluding carboxylic acids is 6. The number of nitrogens with two attached hydrogens (primary N) is 2. The topological polar surface area (TPSA) is 676 Å². The highest BCUT2D eigenvalue weighted by molar-refractivity contribution is 7.87.